The summed E-state index contributed by atoms with van der Waals surface area (Å²) in [4.78, 5) is 4.27. The number of benzene rings is 1. The Hall–Kier alpha value is -1.59. The average Bonchev–Trinajstić information content (AvgIpc) is 2.89. The predicted molar refractivity (Wildman–Crippen MR) is 76.9 cm³/mol. The molecule has 108 valence electrons. The molecule has 0 aliphatic carbocycles. The zero-order chi connectivity index (χ0) is 14.5. The maximum absolute atomic E-state index is 6.16. The van der Waals surface area contributed by atoms with Crippen LogP contribution in [0.25, 0.3) is 0 Å². The fraction of sp³-hybridized carbons (Fsp3) is 0.429. The monoisotopic (exact) mass is 295 g/mol. The third-order valence-electron chi connectivity index (χ3n) is 2.78. The van der Waals surface area contributed by atoms with Gasteiger partial charge in [0.2, 0.25) is 0 Å². The van der Waals surface area contributed by atoms with Crippen LogP contribution in [0.5, 0.6) is 5.75 Å². The molecule has 0 bridgehead atoms. The Labute approximate surface area is 123 Å². The van der Waals surface area contributed by atoms with Crippen LogP contribution in [-0.2, 0) is 13.2 Å². The maximum Gasteiger partial charge on any atom is 0.264 e. The van der Waals surface area contributed by atoms with Gasteiger partial charge in [-0.25, -0.2) is 0 Å². The third-order valence-corrected chi connectivity index (χ3v) is 3.13. The Morgan fingerprint density at radius 2 is 2.20 bits per heavy atom. The van der Waals surface area contributed by atoms with Crippen molar-refractivity contribution >= 4 is 11.6 Å². The number of halogens is 1. The van der Waals surface area contributed by atoms with Gasteiger partial charge in [0.05, 0.1) is 0 Å². The van der Waals surface area contributed by atoms with Crippen molar-refractivity contribution in [2.24, 2.45) is 0 Å². The Kier molecular flexibility index (Phi) is 4.98. The summed E-state index contributed by atoms with van der Waals surface area (Å²) in [6, 6.07) is 5.56. The predicted octanol–water partition coefficient (Wildman–Crippen LogP) is 3.14. The fourth-order valence-electron chi connectivity index (χ4n) is 1.72. The summed E-state index contributed by atoms with van der Waals surface area (Å²) < 4.78 is 10.9. The van der Waals surface area contributed by atoms with Gasteiger partial charge in [0.15, 0.2) is 12.4 Å². The van der Waals surface area contributed by atoms with Crippen LogP contribution < -0.4 is 10.1 Å². The molecular formula is C14H18ClN3O2. The van der Waals surface area contributed by atoms with E-state index in [9.17, 15) is 0 Å². The van der Waals surface area contributed by atoms with Crippen molar-refractivity contribution in [2.75, 3.05) is 7.05 Å². The van der Waals surface area contributed by atoms with Crippen LogP contribution in [0.2, 0.25) is 5.02 Å². The smallest absolute Gasteiger partial charge is 0.264 e. The van der Waals surface area contributed by atoms with Crippen molar-refractivity contribution in [3.8, 4) is 5.75 Å². The van der Waals surface area contributed by atoms with Gasteiger partial charge in [-0.1, -0.05) is 36.7 Å². The van der Waals surface area contributed by atoms with E-state index in [0.29, 0.717) is 23.3 Å². The summed E-state index contributed by atoms with van der Waals surface area (Å²) >= 11 is 6.16. The Balaban J connectivity index is 2.08. The van der Waals surface area contributed by atoms with Crippen molar-refractivity contribution in [3.05, 3.63) is 40.5 Å². The van der Waals surface area contributed by atoms with E-state index in [2.05, 4.69) is 15.5 Å². The second-order valence-electron chi connectivity index (χ2n) is 4.74. The summed E-state index contributed by atoms with van der Waals surface area (Å²) in [5.41, 5.74) is 0.917. The molecule has 20 heavy (non-hydrogen) atoms. The lowest BCUT2D eigenvalue weighted by Crippen LogP contribution is -2.08. The average molecular weight is 296 g/mol. The lowest BCUT2D eigenvalue weighted by Gasteiger charge is -2.11. The van der Waals surface area contributed by atoms with Gasteiger partial charge in [-0.3, -0.25) is 0 Å². The molecule has 0 aliphatic heterocycles. The van der Waals surface area contributed by atoms with Gasteiger partial charge < -0.3 is 14.6 Å². The molecule has 1 aromatic heterocycles. The highest BCUT2D eigenvalue weighted by Crippen LogP contribution is 2.27. The maximum atomic E-state index is 6.16. The molecule has 5 nitrogen and oxygen atoms in total. The van der Waals surface area contributed by atoms with E-state index in [4.69, 9.17) is 20.9 Å². The molecule has 2 rings (SSSR count). The summed E-state index contributed by atoms with van der Waals surface area (Å²) in [5.74, 6) is 2.10. The highest BCUT2D eigenvalue weighted by Gasteiger charge is 2.12. The molecule has 0 radical (unpaired) electrons. The number of rotatable bonds is 6. The highest BCUT2D eigenvalue weighted by atomic mass is 35.5. The van der Waals surface area contributed by atoms with Gasteiger partial charge in [-0.2, -0.15) is 4.98 Å². The van der Waals surface area contributed by atoms with Crippen molar-refractivity contribution in [2.45, 2.75) is 32.9 Å². The highest BCUT2D eigenvalue weighted by molar-refractivity contribution is 6.31. The minimum atomic E-state index is 0.233. The van der Waals surface area contributed by atoms with E-state index in [1.165, 1.54) is 0 Å². The van der Waals surface area contributed by atoms with Crippen molar-refractivity contribution < 1.29 is 9.26 Å². The van der Waals surface area contributed by atoms with Crippen LogP contribution >= 0.6 is 11.6 Å². The first kappa shape index (κ1) is 14.8. The van der Waals surface area contributed by atoms with E-state index in [-0.39, 0.29) is 12.5 Å². The van der Waals surface area contributed by atoms with E-state index in [0.717, 1.165) is 11.3 Å². The first-order valence-corrected chi connectivity index (χ1v) is 6.87. The quantitative estimate of drug-likeness (QED) is 0.887. The molecule has 1 N–H and O–H groups in total. The molecular weight excluding hydrogens is 278 g/mol. The minimum Gasteiger partial charge on any atom is -0.483 e. The number of aromatic nitrogens is 2. The molecule has 0 aliphatic rings. The SMILES string of the molecule is CNCc1c(Cl)cccc1OCc1nc(C(C)C)no1. The van der Waals surface area contributed by atoms with Crippen LogP contribution in [0.1, 0.15) is 37.0 Å². The van der Waals surface area contributed by atoms with Crippen LogP contribution in [0.3, 0.4) is 0 Å². The summed E-state index contributed by atoms with van der Waals surface area (Å²) in [6.07, 6.45) is 0. The van der Waals surface area contributed by atoms with Gasteiger partial charge in [0.25, 0.3) is 5.89 Å². The lowest BCUT2D eigenvalue weighted by molar-refractivity contribution is 0.240. The fourth-order valence-corrected chi connectivity index (χ4v) is 1.96. The second-order valence-corrected chi connectivity index (χ2v) is 5.14. The molecule has 6 heteroatoms. The van der Waals surface area contributed by atoms with Crippen LogP contribution in [0.4, 0.5) is 0 Å². The molecule has 1 heterocycles. The molecule has 0 atom stereocenters. The van der Waals surface area contributed by atoms with Crippen molar-refractivity contribution in [3.63, 3.8) is 0 Å². The molecule has 1 aromatic carbocycles. The number of nitrogens with zero attached hydrogens (tertiary/aromatic N) is 2. The molecule has 2 aromatic rings. The topological polar surface area (TPSA) is 60.2 Å². The van der Waals surface area contributed by atoms with Crippen molar-refractivity contribution in [1.82, 2.24) is 15.5 Å². The van der Waals surface area contributed by atoms with Crippen LogP contribution in [0, 0.1) is 0 Å². The van der Waals surface area contributed by atoms with Gasteiger partial charge in [0.1, 0.15) is 5.75 Å². The summed E-state index contributed by atoms with van der Waals surface area (Å²) in [6.45, 7) is 4.89. The number of hydrogen-bond donors (Lipinski definition) is 1. The zero-order valence-corrected chi connectivity index (χ0v) is 12.6. The third kappa shape index (κ3) is 3.49. The van der Waals surface area contributed by atoms with Gasteiger partial charge >= 0.3 is 0 Å². The molecule has 0 saturated heterocycles. The number of nitrogens with one attached hydrogen (secondary N) is 1. The molecule has 0 spiro atoms. The normalized spacial score (nSPS) is 11.1. The van der Waals surface area contributed by atoms with Gasteiger partial charge in [0, 0.05) is 23.0 Å². The Bertz CT molecular complexity index is 569. The first-order valence-electron chi connectivity index (χ1n) is 6.49. The Morgan fingerprint density at radius 1 is 1.40 bits per heavy atom. The Morgan fingerprint density at radius 3 is 2.85 bits per heavy atom. The molecule has 0 saturated carbocycles. The lowest BCUT2D eigenvalue weighted by atomic mass is 10.2. The minimum absolute atomic E-state index is 0.233. The summed E-state index contributed by atoms with van der Waals surface area (Å²) in [7, 11) is 1.86. The van der Waals surface area contributed by atoms with Crippen LogP contribution in [0.15, 0.2) is 22.7 Å². The van der Waals surface area contributed by atoms with E-state index < -0.39 is 0 Å². The van der Waals surface area contributed by atoms with Gasteiger partial charge in [-0.15, -0.1) is 0 Å². The second kappa shape index (κ2) is 6.72. The standard InChI is InChI=1S/C14H18ClN3O2/c1-9(2)14-17-13(20-18-14)8-19-12-6-4-5-11(15)10(12)7-16-3/h4-6,9,16H,7-8H2,1-3H3. The molecule has 0 fully saturated rings. The van der Waals surface area contributed by atoms with Gasteiger partial charge in [-0.05, 0) is 19.2 Å². The first-order chi connectivity index (χ1) is 9.61. The van der Waals surface area contributed by atoms with E-state index in [1.807, 2.05) is 39.1 Å². The number of hydrogen-bond acceptors (Lipinski definition) is 5. The molecule has 0 unspecified atom stereocenters. The van der Waals surface area contributed by atoms with Crippen molar-refractivity contribution in [1.29, 1.82) is 0 Å². The van der Waals surface area contributed by atoms with Crippen LogP contribution in [-0.4, -0.2) is 17.2 Å². The van der Waals surface area contributed by atoms with E-state index >= 15 is 0 Å². The largest absolute Gasteiger partial charge is 0.483 e. The zero-order valence-electron chi connectivity index (χ0n) is 11.8. The number of ether oxygens (including phenoxy) is 1. The summed E-state index contributed by atoms with van der Waals surface area (Å²) in [5, 5.41) is 7.64. The van der Waals surface area contributed by atoms with E-state index in [1.54, 1.807) is 0 Å². The molecule has 0 amide bonds.